The fourth-order valence-electron chi connectivity index (χ4n) is 4.51. The summed E-state index contributed by atoms with van der Waals surface area (Å²) in [4.78, 5) is 17.9. The summed E-state index contributed by atoms with van der Waals surface area (Å²) < 4.78 is 38.6. The number of hydrogen-bond donors (Lipinski definition) is 1. The van der Waals surface area contributed by atoms with Crippen LogP contribution >= 0.6 is 11.6 Å². The van der Waals surface area contributed by atoms with Gasteiger partial charge in [0.2, 0.25) is 5.43 Å². The summed E-state index contributed by atoms with van der Waals surface area (Å²) in [5, 5.41) is 0.206. The first-order valence-corrected chi connectivity index (χ1v) is 11.4. The molecule has 0 amide bonds. The predicted molar refractivity (Wildman–Crippen MR) is 126 cm³/mol. The van der Waals surface area contributed by atoms with Crippen molar-refractivity contribution >= 4 is 11.6 Å². The number of nitrogens with zero attached hydrogens (tertiary/aromatic N) is 1. The topological polar surface area (TPSA) is 36.1 Å². The standard InChI is InChI=1S/C26H26ClF3N2O/c1-16-23(25(33)24(27)17(2)31-16)21-9-7-20(8-10-21)19-5-3-18(4-6-19)15-32-13-11-22(12-14-32)26(28,29)30/h3-10,22H,11-15H2,1-2H3,(H,31,33). The number of halogens is 4. The van der Waals surface area contributed by atoms with Crippen LogP contribution in [0.5, 0.6) is 0 Å². The molecule has 3 aromatic rings. The monoisotopic (exact) mass is 474 g/mol. The van der Waals surface area contributed by atoms with Gasteiger partial charge in [-0.1, -0.05) is 60.1 Å². The average molecular weight is 475 g/mol. The van der Waals surface area contributed by atoms with Crippen LogP contribution in [0.3, 0.4) is 0 Å². The molecular formula is C26H26ClF3N2O. The molecule has 1 N–H and O–H groups in total. The number of pyridine rings is 1. The minimum atomic E-state index is -4.08. The molecule has 4 rings (SSSR count). The summed E-state index contributed by atoms with van der Waals surface area (Å²) in [6.07, 6.45) is -3.74. The van der Waals surface area contributed by atoms with Crippen LogP contribution in [0.4, 0.5) is 13.2 Å². The maximum atomic E-state index is 12.9. The Balaban J connectivity index is 1.44. The van der Waals surface area contributed by atoms with E-state index < -0.39 is 12.1 Å². The second-order valence-electron chi connectivity index (χ2n) is 8.76. The number of aromatic amines is 1. The number of rotatable bonds is 4. The predicted octanol–water partition coefficient (Wildman–Crippen LogP) is 6.75. The molecule has 1 aliphatic heterocycles. The van der Waals surface area contributed by atoms with Gasteiger partial charge in [-0.15, -0.1) is 0 Å². The highest BCUT2D eigenvalue weighted by molar-refractivity contribution is 6.31. The van der Waals surface area contributed by atoms with Gasteiger partial charge in [-0.2, -0.15) is 13.2 Å². The van der Waals surface area contributed by atoms with E-state index in [0.717, 1.165) is 27.9 Å². The second kappa shape index (κ2) is 9.35. The second-order valence-corrected chi connectivity index (χ2v) is 9.14. The molecule has 1 aromatic heterocycles. The van der Waals surface area contributed by atoms with Crippen molar-refractivity contribution in [3.05, 3.63) is 80.7 Å². The molecule has 3 nitrogen and oxygen atoms in total. The van der Waals surface area contributed by atoms with Crippen molar-refractivity contribution in [2.75, 3.05) is 13.1 Å². The van der Waals surface area contributed by atoms with Gasteiger partial charge in [-0.05, 0) is 62.0 Å². The zero-order valence-corrected chi connectivity index (χ0v) is 19.4. The summed E-state index contributed by atoms with van der Waals surface area (Å²) in [7, 11) is 0. The molecule has 0 radical (unpaired) electrons. The normalized spacial score (nSPS) is 15.7. The van der Waals surface area contributed by atoms with Gasteiger partial charge in [0.25, 0.3) is 0 Å². The highest BCUT2D eigenvalue weighted by Gasteiger charge is 2.40. The number of hydrogen-bond acceptors (Lipinski definition) is 2. The molecule has 1 fully saturated rings. The number of nitrogens with one attached hydrogen (secondary N) is 1. The molecule has 1 aliphatic rings. The Morgan fingerprint density at radius 2 is 1.42 bits per heavy atom. The molecular weight excluding hydrogens is 449 g/mol. The number of piperidine rings is 1. The SMILES string of the molecule is Cc1[nH]c(C)c(-c2ccc(-c3ccc(CN4CCC(C(F)(F)F)CC4)cc3)cc2)c(=O)c1Cl. The lowest BCUT2D eigenvalue weighted by molar-refractivity contribution is -0.185. The molecule has 0 aliphatic carbocycles. The fourth-order valence-corrected chi connectivity index (χ4v) is 4.65. The Morgan fingerprint density at radius 3 is 1.97 bits per heavy atom. The summed E-state index contributed by atoms with van der Waals surface area (Å²) >= 11 is 6.15. The van der Waals surface area contributed by atoms with Crippen molar-refractivity contribution in [1.82, 2.24) is 9.88 Å². The smallest absolute Gasteiger partial charge is 0.361 e. The van der Waals surface area contributed by atoms with Crippen molar-refractivity contribution in [3.8, 4) is 22.3 Å². The zero-order chi connectivity index (χ0) is 23.8. The van der Waals surface area contributed by atoms with E-state index in [4.69, 9.17) is 11.6 Å². The third-order valence-electron chi connectivity index (χ3n) is 6.42. The minimum absolute atomic E-state index is 0.169. The first-order valence-electron chi connectivity index (χ1n) is 11.0. The number of aryl methyl sites for hydroxylation is 2. The molecule has 1 saturated heterocycles. The maximum Gasteiger partial charge on any atom is 0.391 e. The van der Waals surface area contributed by atoms with Gasteiger partial charge in [0.05, 0.1) is 5.92 Å². The minimum Gasteiger partial charge on any atom is -0.361 e. The van der Waals surface area contributed by atoms with Crippen LogP contribution < -0.4 is 5.43 Å². The van der Waals surface area contributed by atoms with E-state index in [9.17, 15) is 18.0 Å². The van der Waals surface area contributed by atoms with Gasteiger partial charge in [0.1, 0.15) is 5.02 Å². The van der Waals surface area contributed by atoms with E-state index in [1.807, 2.05) is 55.5 Å². The molecule has 0 bridgehead atoms. The number of likely N-dealkylation sites (tertiary alicyclic amines) is 1. The van der Waals surface area contributed by atoms with Crippen LogP contribution in [0, 0.1) is 19.8 Å². The summed E-state index contributed by atoms with van der Waals surface area (Å²) in [5.41, 5.74) is 5.76. The Kier molecular flexibility index (Phi) is 6.68. The molecule has 0 unspecified atom stereocenters. The van der Waals surface area contributed by atoms with Crippen molar-refractivity contribution < 1.29 is 13.2 Å². The largest absolute Gasteiger partial charge is 0.391 e. The third-order valence-corrected chi connectivity index (χ3v) is 6.88. The van der Waals surface area contributed by atoms with E-state index in [2.05, 4.69) is 9.88 Å². The molecule has 2 aromatic carbocycles. The van der Waals surface area contributed by atoms with Crippen molar-refractivity contribution in [2.24, 2.45) is 5.92 Å². The first-order chi connectivity index (χ1) is 15.6. The molecule has 33 heavy (non-hydrogen) atoms. The van der Waals surface area contributed by atoms with Crippen LogP contribution in [0.15, 0.2) is 53.3 Å². The molecule has 7 heteroatoms. The van der Waals surface area contributed by atoms with Crippen LogP contribution in [0.1, 0.15) is 29.8 Å². The van der Waals surface area contributed by atoms with E-state index >= 15 is 0 Å². The van der Waals surface area contributed by atoms with Gasteiger partial charge in [-0.3, -0.25) is 9.69 Å². The summed E-state index contributed by atoms with van der Waals surface area (Å²) in [6, 6.07) is 15.9. The highest BCUT2D eigenvalue weighted by atomic mass is 35.5. The van der Waals surface area contributed by atoms with Gasteiger partial charge < -0.3 is 4.98 Å². The molecule has 0 saturated carbocycles. The van der Waals surface area contributed by atoms with Gasteiger partial charge in [-0.25, -0.2) is 0 Å². The lowest BCUT2D eigenvalue weighted by Gasteiger charge is -2.32. The van der Waals surface area contributed by atoms with Crippen LogP contribution in [-0.4, -0.2) is 29.1 Å². The van der Waals surface area contributed by atoms with Crippen molar-refractivity contribution in [3.63, 3.8) is 0 Å². The lowest BCUT2D eigenvalue weighted by Crippen LogP contribution is -2.38. The number of alkyl halides is 3. The van der Waals surface area contributed by atoms with Crippen molar-refractivity contribution in [2.45, 2.75) is 39.4 Å². The van der Waals surface area contributed by atoms with E-state index in [1.165, 1.54) is 0 Å². The molecule has 2 heterocycles. The maximum absolute atomic E-state index is 12.9. The molecule has 0 spiro atoms. The van der Waals surface area contributed by atoms with Crippen LogP contribution in [-0.2, 0) is 6.54 Å². The van der Waals surface area contributed by atoms with Gasteiger partial charge in [0.15, 0.2) is 0 Å². The lowest BCUT2D eigenvalue weighted by atomic mass is 9.95. The number of benzene rings is 2. The van der Waals surface area contributed by atoms with E-state index in [0.29, 0.717) is 30.9 Å². The Hall–Kier alpha value is -2.57. The quantitative estimate of drug-likeness (QED) is 0.454. The summed E-state index contributed by atoms with van der Waals surface area (Å²) in [6.45, 7) is 5.22. The number of aromatic nitrogens is 1. The fraction of sp³-hybridized carbons (Fsp3) is 0.346. The van der Waals surface area contributed by atoms with Crippen molar-refractivity contribution in [1.29, 1.82) is 0 Å². The Labute approximate surface area is 196 Å². The Morgan fingerprint density at radius 1 is 0.909 bits per heavy atom. The number of H-pyrrole nitrogens is 1. The highest BCUT2D eigenvalue weighted by Crippen LogP contribution is 2.34. The van der Waals surface area contributed by atoms with Gasteiger partial charge >= 0.3 is 6.18 Å². The average Bonchev–Trinajstić information content (AvgIpc) is 2.78. The molecule has 174 valence electrons. The Bertz CT molecular complexity index is 1180. The van der Waals surface area contributed by atoms with Crippen LogP contribution in [0.2, 0.25) is 5.02 Å². The third kappa shape index (κ3) is 5.17. The van der Waals surface area contributed by atoms with Crippen LogP contribution in [0.25, 0.3) is 22.3 Å². The van der Waals surface area contributed by atoms with Gasteiger partial charge in [0, 0.05) is 23.5 Å². The first kappa shape index (κ1) is 23.6. The van der Waals surface area contributed by atoms with E-state index in [-0.39, 0.29) is 23.3 Å². The zero-order valence-electron chi connectivity index (χ0n) is 18.6. The molecule has 0 atom stereocenters. The summed E-state index contributed by atoms with van der Waals surface area (Å²) in [5.74, 6) is -1.17. The van der Waals surface area contributed by atoms with E-state index in [1.54, 1.807) is 6.92 Å².